The fraction of sp³-hybridized carbons (Fsp3) is 0.333. The number of fused-ring (bicyclic) bond motifs is 1. The first-order valence-electron chi connectivity index (χ1n) is 6.50. The summed E-state index contributed by atoms with van der Waals surface area (Å²) < 4.78 is 11.0. The quantitative estimate of drug-likeness (QED) is 0.928. The molecule has 0 spiro atoms. The number of hydrogen-bond acceptors (Lipinski definition) is 3. The van der Waals surface area contributed by atoms with Crippen LogP contribution in [0.2, 0.25) is 5.02 Å². The number of furan rings is 1. The number of benzene rings is 1. The summed E-state index contributed by atoms with van der Waals surface area (Å²) in [5.74, 6) is 0.969. The molecule has 0 fully saturated rings. The van der Waals surface area contributed by atoms with Crippen LogP contribution in [0, 0.1) is 0 Å². The van der Waals surface area contributed by atoms with Crippen LogP contribution in [0.1, 0.15) is 29.7 Å². The molecule has 19 heavy (non-hydrogen) atoms. The van der Waals surface area contributed by atoms with Crippen LogP contribution in [-0.2, 0) is 6.42 Å². The molecule has 3 nitrogen and oxygen atoms in total. The molecule has 0 amide bonds. The molecule has 1 unspecified atom stereocenters. The number of nitrogens with one attached hydrogen (secondary N) is 1. The van der Waals surface area contributed by atoms with Crippen LogP contribution in [-0.4, -0.2) is 13.2 Å². The van der Waals surface area contributed by atoms with E-state index in [0.29, 0.717) is 0 Å². The Kier molecular flexibility index (Phi) is 3.49. The summed E-state index contributed by atoms with van der Waals surface area (Å²) in [6.07, 6.45) is 4.37. The molecule has 2 aromatic rings. The largest absolute Gasteiger partial charge is 0.493 e. The van der Waals surface area contributed by atoms with Crippen molar-refractivity contribution in [2.24, 2.45) is 0 Å². The summed E-state index contributed by atoms with van der Waals surface area (Å²) in [6, 6.07) is 5.99. The number of hydrogen-bond donors (Lipinski definition) is 1. The topological polar surface area (TPSA) is 34.4 Å². The third kappa shape index (κ3) is 2.36. The van der Waals surface area contributed by atoms with E-state index < -0.39 is 0 Å². The first kappa shape index (κ1) is 12.6. The van der Waals surface area contributed by atoms with Crippen LogP contribution >= 0.6 is 11.6 Å². The molecule has 1 aromatic carbocycles. The number of halogens is 1. The lowest BCUT2D eigenvalue weighted by Gasteiger charge is -2.20. The van der Waals surface area contributed by atoms with Crippen molar-refractivity contribution in [1.82, 2.24) is 5.32 Å². The van der Waals surface area contributed by atoms with Crippen molar-refractivity contribution in [2.75, 3.05) is 13.2 Å². The van der Waals surface area contributed by atoms with Gasteiger partial charge < -0.3 is 14.5 Å². The second-order valence-corrected chi connectivity index (χ2v) is 5.07. The first-order valence-corrected chi connectivity index (χ1v) is 6.88. The van der Waals surface area contributed by atoms with Crippen LogP contribution in [0.5, 0.6) is 5.75 Å². The van der Waals surface area contributed by atoms with E-state index >= 15 is 0 Å². The van der Waals surface area contributed by atoms with Crippen molar-refractivity contribution < 1.29 is 9.15 Å². The van der Waals surface area contributed by atoms with Crippen LogP contribution in [0.3, 0.4) is 0 Å². The standard InChI is InChI=1S/C15H16ClNO2/c1-2-17-14(11-3-5-18-9-11)13-8-12(16)7-10-4-6-19-15(10)13/h3,5,7-9,14,17H,2,4,6H2,1H3. The lowest BCUT2D eigenvalue weighted by atomic mass is 9.97. The molecule has 2 heterocycles. The highest BCUT2D eigenvalue weighted by Gasteiger charge is 2.24. The second-order valence-electron chi connectivity index (χ2n) is 4.63. The fourth-order valence-corrected chi connectivity index (χ4v) is 2.81. The van der Waals surface area contributed by atoms with E-state index in [1.165, 1.54) is 5.56 Å². The minimum atomic E-state index is 0.0503. The number of ether oxygens (including phenoxy) is 1. The molecule has 0 saturated heterocycles. The molecule has 1 aliphatic heterocycles. The average Bonchev–Trinajstić information content (AvgIpc) is 3.05. The predicted molar refractivity (Wildman–Crippen MR) is 74.9 cm³/mol. The van der Waals surface area contributed by atoms with Crippen molar-refractivity contribution in [3.63, 3.8) is 0 Å². The van der Waals surface area contributed by atoms with Crippen LogP contribution < -0.4 is 10.1 Å². The summed E-state index contributed by atoms with van der Waals surface area (Å²) in [4.78, 5) is 0. The lowest BCUT2D eigenvalue weighted by Crippen LogP contribution is -2.22. The Morgan fingerprint density at radius 1 is 1.42 bits per heavy atom. The van der Waals surface area contributed by atoms with Gasteiger partial charge in [0.2, 0.25) is 0 Å². The molecular formula is C15H16ClNO2. The van der Waals surface area contributed by atoms with E-state index in [2.05, 4.69) is 12.2 Å². The maximum absolute atomic E-state index is 6.23. The Morgan fingerprint density at radius 2 is 2.32 bits per heavy atom. The van der Waals surface area contributed by atoms with Crippen LogP contribution in [0.15, 0.2) is 35.1 Å². The predicted octanol–water partition coefficient (Wildman–Crippen LogP) is 3.57. The van der Waals surface area contributed by atoms with Crippen molar-refractivity contribution >= 4 is 11.6 Å². The molecule has 1 aromatic heterocycles. The van der Waals surface area contributed by atoms with E-state index in [9.17, 15) is 0 Å². The molecule has 1 aliphatic rings. The average molecular weight is 278 g/mol. The molecule has 4 heteroatoms. The van der Waals surface area contributed by atoms with Gasteiger partial charge in [0.1, 0.15) is 5.75 Å². The first-order chi connectivity index (χ1) is 9.29. The molecule has 0 bridgehead atoms. The highest BCUT2D eigenvalue weighted by atomic mass is 35.5. The van der Waals surface area contributed by atoms with E-state index in [1.54, 1.807) is 12.5 Å². The Balaban J connectivity index is 2.08. The number of rotatable bonds is 4. The van der Waals surface area contributed by atoms with Gasteiger partial charge in [-0.1, -0.05) is 18.5 Å². The van der Waals surface area contributed by atoms with Gasteiger partial charge in [-0.3, -0.25) is 0 Å². The molecular weight excluding hydrogens is 262 g/mol. The highest BCUT2D eigenvalue weighted by Crippen LogP contribution is 2.38. The SMILES string of the molecule is CCNC(c1ccoc1)c1cc(Cl)cc2c1OCC2. The summed E-state index contributed by atoms with van der Waals surface area (Å²) in [6.45, 7) is 3.67. The molecule has 3 rings (SSSR count). The van der Waals surface area contributed by atoms with Gasteiger partial charge in [-0.25, -0.2) is 0 Å². The minimum absolute atomic E-state index is 0.0503. The minimum Gasteiger partial charge on any atom is -0.493 e. The third-order valence-corrected chi connectivity index (χ3v) is 3.59. The maximum Gasteiger partial charge on any atom is 0.127 e. The van der Waals surface area contributed by atoms with Gasteiger partial charge in [-0.2, -0.15) is 0 Å². The molecule has 0 saturated carbocycles. The van der Waals surface area contributed by atoms with Crippen molar-refractivity contribution in [2.45, 2.75) is 19.4 Å². The smallest absolute Gasteiger partial charge is 0.127 e. The van der Waals surface area contributed by atoms with Gasteiger partial charge in [0.15, 0.2) is 0 Å². The summed E-state index contributed by atoms with van der Waals surface area (Å²) >= 11 is 6.23. The summed E-state index contributed by atoms with van der Waals surface area (Å²) in [5, 5.41) is 4.21. The monoisotopic (exact) mass is 277 g/mol. The van der Waals surface area contributed by atoms with Gasteiger partial charge in [0.05, 0.1) is 25.2 Å². The normalized spacial score (nSPS) is 15.1. The van der Waals surface area contributed by atoms with Crippen molar-refractivity contribution in [3.05, 3.63) is 52.4 Å². The van der Waals surface area contributed by atoms with Crippen LogP contribution in [0.25, 0.3) is 0 Å². The van der Waals surface area contributed by atoms with E-state index in [1.807, 2.05) is 18.2 Å². The van der Waals surface area contributed by atoms with E-state index in [4.69, 9.17) is 20.8 Å². The van der Waals surface area contributed by atoms with Gasteiger partial charge in [-0.15, -0.1) is 0 Å². The van der Waals surface area contributed by atoms with E-state index in [0.717, 1.165) is 41.5 Å². The second kappa shape index (κ2) is 5.27. The van der Waals surface area contributed by atoms with E-state index in [-0.39, 0.29) is 6.04 Å². The summed E-state index contributed by atoms with van der Waals surface area (Å²) in [5.41, 5.74) is 3.36. The Hall–Kier alpha value is -1.45. The van der Waals surface area contributed by atoms with Gasteiger partial charge in [-0.05, 0) is 30.3 Å². The van der Waals surface area contributed by atoms with Crippen molar-refractivity contribution in [3.8, 4) is 5.75 Å². The van der Waals surface area contributed by atoms with Gasteiger partial charge >= 0.3 is 0 Å². The zero-order chi connectivity index (χ0) is 13.2. The van der Waals surface area contributed by atoms with Gasteiger partial charge in [0.25, 0.3) is 0 Å². The van der Waals surface area contributed by atoms with Crippen molar-refractivity contribution in [1.29, 1.82) is 0 Å². The Bertz CT molecular complexity index is 566. The highest BCUT2D eigenvalue weighted by molar-refractivity contribution is 6.30. The molecule has 100 valence electrons. The Labute approximate surface area is 117 Å². The molecule has 1 N–H and O–H groups in total. The molecule has 1 atom stereocenters. The molecule has 0 radical (unpaired) electrons. The van der Waals surface area contributed by atoms with Gasteiger partial charge in [0, 0.05) is 22.6 Å². The zero-order valence-electron chi connectivity index (χ0n) is 10.8. The molecule has 0 aliphatic carbocycles. The summed E-state index contributed by atoms with van der Waals surface area (Å²) in [7, 11) is 0. The zero-order valence-corrected chi connectivity index (χ0v) is 11.5. The lowest BCUT2D eigenvalue weighted by molar-refractivity contribution is 0.350. The fourth-order valence-electron chi connectivity index (χ4n) is 2.56. The maximum atomic E-state index is 6.23. The third-order valence-electron chi connectivity index (χ3n) is 3.37. The van der Waals surface area contributed by atoms with Crippen LogP contribution in [0.4, 0.5) is 0 Å². The Morgan fingerprint density at radius 3 is 3.05 bits per heavy atom.